The van der Waals surface area contributed by atoms with Crippen LogP contribution in [0, 0.1) is 19.9 Å². The Morgan fingerprint density at radius 2 is 1.10 bits per heavy atom. The van der Waals surface area contributed by atoms with Crippen LogP contribution in [0.3, 0.4) is 0 Å². The molecule has 281 valence electrons. The summed E-state index contributed by atoms with van der Waals surface area (Å²) >= 11 is 0. The maximum atomic E-state index is 4.57. The zero-order chi connectivity index (χ0) is 38.5. The van der Waals surface area contributed by atoms with Crippen molar-refractivity contribution in [3.8, 4) is 61.5 Å². The van der Waals surface area contributed by atoms with Gasteiger partial charge in [0.05, 0.1) is 16.4 Å². The molecular weight excluding hydrogens is 893 g/mol. The number of benzene rings is 8. The molecule has 2 heterocycles. The summed E-state index contributed by atoms with van der Waals surface area (Å²) in [5.41, 5.74) is 23.1. The van der Waals surface area contributed by atoms with Gasteiger partial charge in [-0.3, -0.25) is 0 Å². The normalized spacial score (nSPS) is 12.9. The first-order valence-corrected chi connectivity index (χ1v) is 20.1. The van der Waals surface area contributed by atoms with Gasteiger partial charge in [-0.1, -0.05) is 126 Å². The van der Waals surface area contributed by atoms with Crippen molar-refractivity contribution in [1.82, 2.24) is 9.55 Å². The Kier molecular flexibility index (Phi) is 8.10. The van der Waals surface area contributed by atoms with E-state index in [1.807, 2.05) is 30.5 Å². The minimum Gasteiger partial charge on any atom is -0.309 e. The zero-order valence-corrected chi connectivity index (χ0v) is 35.0. The number of para-hydroxylation sites is 1. The monoisotopic (exact) mass is 930 g/mol. The number of pyridine rings is 1. The number of aromatic nitrogens is 2. The van der Waals surface area contributed by atoms with Crippen LogP contribution in [0.25, 0.3) is 83.3 Å². The SMILES string of the molecule is Cc1ccc2c(c1)C1(c3ccccc3-c3cc4c5cc(-c6cccc(-c7cc[c-]c(-c8ccccn8)c7)c6)ccc5n(-c5ccccc5)c4cc31)c1cc(C)ccc1-2.[Ir]. The van der Waals surface area contributed by atoms with Crippen molar-refractivity contribution >= 4 is 21.8 Å². The van der Waals surface area contributed by atoms with Crippen molar-refractivity contribution in [2.75, 3.05) is 0 Å². The summed E-state index contributed by atoms with van der Waals surface area (Å²) in [5.74, 6) is 0. The molecule has 1 radical (unpaired) electrons. The summed E-state index contributed by atoms with van der Waals surface area (Å²) in [6, 6.07) is 70.8. The second kappa shape index (κ2) is 13.5. The minimum atomic E-state index is -0.419. The first-order chi connectivity index (χ1) is 28.6. The van der Waals surface area contributed by atoms with Gasteiger partial charge in [0.15, 0.2) is 0 Å². The molecule has 1 spiro atoms. The Bertz CT molecular complexity index is 3250. The molecule has 0 amide bonds. The van der Waals surface area contributed by atoms with Gasteiger partial charge < -0.3 is 9.55 Å². The standard InChI is InChI=1S/C56H37N2.Ir/c1-35-21-24-44-45-25-22-36(2)29-51(45)56(50(44)28-35)49-19-7-6-18-43(49)46-33-48-47-32-40(23-26-54(47)58(55(48)34-52(46)56)42-16-4-3-5-17-42)38-13-10-12-37(30-38)39-14-11-15-41(31-39)53-20-8-9-27-57-53;/h3-14,16-34H,1-2H3;/q-1;. The Labute approximate surface area is 357 Å². The number of fused-ring (bicyclic) bond motifs is 13. The fourth-order valence-corrected chi connectivity index (χ4v) is 10.1. The van der Waals surface area contributed by atoms with Gasteiger partial charge in [-0.05, 0) is 129 Å². The topological polar surface area (TPSA) is 17.8 Å². The molecule has 0 saturated carbocycles. The summed E-state index contributed by atoms with van der Waals surface area (Å²) in [4.78, 5) is 4.57. The Morgan fingerprint density at radius 1 is 0.458 bits per heavy atom. The summed E-state index contributed by atoms with van der Waals surface area (Å²) in [5, 5.41) is 2.50. The first kappa shape index (κ1) is 35.5. The average molecular weight is 930 g/mol. The molecule has 0 saturated heterocycles. The van der Waals surface area contributed by atoms with Crippen molar-refractivity contribution in [3.63, 3.8) is 0 Å². The van der Waals surface area contributed by atoms with E-state index in [1.54, 1.807) is 0 Å². The van der Waals surface area contributed by atoms with Crippen molar-refractivity contribution in [3.05, 3.63) is 228 Å². The Balaban J connectivity index is 0.00000397. The van der Waals surface area contributed by atoms with E-state index in [9.17, 15) is 0 Å². The average Bonchev–Trinajstić information content (AvgIpc) is 3.86. The van der Waals surface area contributed by atoms with Gasteiger partial charge in [0.2, 0.25) is 0 Å². The van der Waals surface area contributed by atoms with E-state index in [0.717, 1.165) is 28.1 Å². The summed E-state index contributed by atoms with van der Waals surface area (Å²) in [6.07, 6.45) is 1.83. The van der Waals surface area contributed by atoms with Crippen LogP contribution in [0.15, 0.2) is 188 Å². The molecule has 10 aromatic rings. The van der Waals surface area contributed by atoms with Crippen LogP contribution in [0.2, 0.25) is 0 Å². The van der Waals surface area contributed by atoms with Crippen LogP contribution >= 0.6 is 0 Å². The molecule has 2 aliphatic rings. The number of nitrogens with zero attached hydrogens (tertiary/aromatic N) is 2. The molecule has 0 aliphatic heterocycles. The molecule has 2 aliphatic carbocycles. The van der Waals surface area contributed by atoms with Crippen molar-refractivity contribution in [2.45, 2.75) is 19.3 Å². The number of hydrogen-bond acceptors (Lipinski definition) is 1. The molecule has 0 fully saturated rings. The van der Waals surface area contributed by atoms with Gasteiger partial charge in [-0.2, -0.15) is 0 Å². The smallest absolute Gasteiger partial charge is 0.0726 e. The first-order valence-electron chi connectivity index (χ1n) is 20.1. The van der Waals surface area contributed by atoms with Gasteiger partial charge in [-0.15, -0.1) is 35.4 Å². The number of hydrogen-bond donors (Lipinski definition) is 0. The third kappa shape index (κ3) is 5.18. The van der Waals surface area contributed by atoms with Crippen LogP contribution in [0.1, 0.15) is 33.4 Å². The molecule has 2 aromatic heterocycles. The van der Waals surface area contributed by atoms with E-state index >= 15 is 0 Å². The Morgan fingerprint density at radius 3 is 1.85 bits per heavy atom. The zero-order valence-electron chi connectivity index (χ0n) is 32.6. The third-order valence-corrected chi connectivity index (χ3v) is 12.7. The Hall–Kier alpha value is -6.64. The quantitative estimate of drug-likeness (QED) is 0.161. The van der Waals surface area contributed by atoms with Crippen molar-refractivity contribution in [2.24, 2.45) is 0 Å². The molecule has 0 N–H and O–H groups in total. The van der Waals surface area contributed by atoms with E-state index < -0.39 is 5.41 Å². The molecule has 0 bridgehead atoms. The van der Waals surface area contributed by atoms with Crippen LogP contribution < -0.4 is 0 Å². The second-order valence-electron chi connectivity index (χ2n) is 16.0. The minimum absolute atomic E-state index is 0. The van der Waals surface area contributed by atoms with Crippen molar-refractivity contribution < 1.29 is 20.1 Å². The van der Waals surface area contributed by atoms with Gasteiger partial charge in [0, 0.05) is 42.8 Å². The summed E-state index contributed by atoms with van der Waals surface area (Å²) in [6.45, 7) is 4.46. The maximum absolute atomic E-state index is 4.57. The second-order valence-corrected chi connectivity index (χ2v) is 16.0. The van der Waals surface area contributed by atoms with Crippen molar-refractivity contribution in [1.29, 1.82) is 0 Å². The predicted octanol–water partition coefficient (Wildman–Crippen LogP) is 13.9. The largest absolute Gasteiger partial charge is 0.309 e. The fourth-order valence-electron chi connectivity index (χ4n) is 10.1. The van der Waals surface area contributed by atoms with E-state index in [0.29, 0.717) is 0 Å². The number of rotatable bonds is 4. The molecule has 12 rings (SSSR count). The van der Waals surface area contributed by atoms with Crippen LogP contribution in [0.4, 0.5) is 0 Å². The molecule has 8 aromatic carbocycles. The third-order valence-electron chi connectivity index (χ3n) is 12.7. The van der Waals surface area contributed by atoms with Gasteiger partial charge in [0.1, 0.15) is 0 Å². The molecule has 59 heavy (non-hydrogen) atoms. The molecular formula is C56H37IrN2-. The van der Waals surface area contributed by atoms with Gasteiger partial charge in [0.25, 0.3) is 0 Å². The van der Waals surface area contributed by atoms with E-state index in [1.165, 1.54) is 88.6 Å². The maximum Gasteiger partial charge on any atom is 0.0726 e. The van der Waals surface area contributed by atoms with Gasteiger partial charge >= 0.3 is 0 Å². The van der Waals surface area contributed by atoms with E-state index in [-0.39, 0.29) is 20.1 Å². The molecule has 3 heteroatoms. The van der Waals surface area contributed by atoms with Crippen LogP contribution in [-0.4, -0.2) is 9.55 Å². The van der Waals surface area contributed by atoms with Gasteiger partial charge in [-0.25, -0.2) is 0 Å². The predicted molar refractivity (Wildman–Crippen MR) is 239 cm³/mol. The molecule has 2 nitrogen and oxygen atoms in total. The fraction of sp³-hybridized carbons (Fsp3) is 0.0536. The van der Waals surface area contributed by atoms with E-state index in [2.05, 4.69) is 187 Å². The summed E-state index contributed by atoms with van der Waals surface area (Å²) in [7, 11) is 0. The number of aryl methyl sites for hydroxylation is 2. The van der Waals surface area contributed by atoms with Crippen LogP contribution in [0.5, 0.6) is 0 Å². The van der Waals surface area contributed by atoms with Crippen LogP contribution in [-0.2, 0) is 25.5 Å². The molecule has 0 unspecified atom stereocenters. The molecule has 0 atom stereocenters. The van der Waals surface area contributed by atoms with E-state index in [4.69, 9.17) is 0 Å². The summed E-state index contributed by atoms with van der Waals surface area (Å²) < 4.78 is 2.48.